The van der Waals surface area contributed by atoms with Crippen molar-refractivity contribution in [1.82, 2.24) is 21.3 Å². The highest BCUT2D eigenvalue weighted by Crippen LogP contribution is 2.37. The van der Waals surface area contributed by atoms with Crippen molar-refractivity contribution in [1.29, 1.82) is 0 Å². The van der Waals surface area contributed by atoms with Crippen LogP contribution in [-0.4, -0.2) is 100 Å². The lowest BCUT2D eigenvalue weighted by molar-refractivity contribution is -0.134. The molecule has 0 unspecified atom stereocenters. The molecule has 21 heteroatoms. The van der Waals surface area contributed by atoms with Gasteiger partial charge in [0.2, 0.25) is 29.5 Å². The van der Waals surface area contributed by atoms with Crippen molar-refractivity contribution in [3.05, 3.63) is 29.8 Å². The maximum absolute atomic E-state index is 13.7. The largest absolute Gasteiger partial charge is 0.524 e. The van der Waals surface area contributed by atoms with Gasteiger partial charge in [0, 0.05) is 19.4 Å². The van der Waals surface area contributed by atoms with Gasteiger partial charge in [0.05, 0.1) is 12.6 Å². The SMILES string of the molecule is CC(C)C[C@H](N)C(=O)N[C@@H](CCC(N)=O)C(=O)N[C@@H](CCCN=C(N)N)C(=O)N[C@@H](Cc1ccc(OP(=O)(O)O)cc1)C(=O)N[C@H](C=O)CO. The van der Waals surface area contributed by atoms with Gasteiger partial charge in [-0.2, -0.15) is 0 Å². The molecule has 0 aliphatic rings. The predicted octanol–water partition coefficient (Wildman–Crippen LogP) is -3.48. The number of aliphatic hydroxyl groups excluding tert-OH is 1. The van der Waals surface area contributed by atoms with Gasteiger partial charge in [0.25, 0.3) is 0 Å². The van der Waals surface area contributed by atoms with Gasteiger partial charge in [0.1, 0.15) is 36.2 Å². The summed E-state index contributed by atoms with van der Waals surface area (Å²) >= 11 is 0. The third kappa shape index (κ3) is 17.7. The molecular weight excluding hydrogens is 681 g/mol. The number of aliphatic hydroxyl groups is 1. The van der Waals surface area contributed by atoms with Crippen molar-refractivity contribution in [3.8, 4) is 5.75 Å². The number of nitrogens with two attached hydrogens (primary N) is 4. The highest BCUT2D eigenvalue weighted by molar-refractivity contribution is 7.46. The molecule has 0 spiro atoms. The number of hydrogen-bond acceptors (Lipinski definition) is 11. The van der Waals surface area contributed by atoms with Crippen molar-refractivity contribution < 1.29 is 52.7 Å². The second-order valence-electron chi connectivity index (χ2n) is 11.7. The molecule has 0 saturated carbocycles. The molecule has 50 heavy (non-hydrogen) atoms. The summed E-state index contributed by atoms with van der Waals surface area (Å²) < 4.78 is 15.7. The molecule has 0 bridgehead atoms. The molecule has 280 valence electrons. The van der Waals surface area contributed by atoms with E-state index >= 15 is 0 Å². The molecule has 1 aromatic rings. The second kappa shape index (κ2) is 21.5. The number of aldehydes is 1. The fourth-order valence-corrected chi connectivity index (χ4v) is 4.84. The Morgan fingerprint density at radius 3 is 1.92 bits per heavy atom. The zero-order chi connectivity index (χ0) is 38.0. The molecular formula is C29H48N9O11P. The average molecular weight is 730 g/mol. The van der Waals surface area contributed by atoms with E-state index < -0.39 is 74.2 Å². The summed E-state index contributed by atoms with van der Waals surface area (Å²) in [4.78, 5) is 97.9. The lowest BCUT2D eigenvalue weighted by Gasteiger charge is -2.26. The van der Waals surface area contributed by atoms with Crippen LogP contribution in [-0.2, 0) is 39.8 Å². The van der Waals surface area contributed by atoms with Crippen molar-refractivity contribution >= 4 is 49.6 Å². The summed E-state index contributed by atoms with van der Waals surface area (Å²) in [6.45, 7) is 3.01. The Bertz CT molecular complexity index is 1380. The summed E-state index contributed by atoms with van der Waals surface area (Å²) in [6.07, 6.45) is -0.0735. The number of carbonyl (C=O) groups excluding carboxylic acids is 6. The van der Waals surface area contributed by atoms with Crippen LogP contribution < -0.4 is 48.7 Å². The van der Waals surface area contributed by atoms with E-state index in [0.29, 0.717) is 12.0 Å². The number of guanidine groups is 1. The van der Waals surface area contributed by atoms with Crippen molar-refractivity contribution in [2.45, 2.75) is 82.6 Å². The van der Waals surface area contributed by atoms with Crippen LogP contribution in [0.1, 0.15) is 51.5 Å². The first-order chi connectivity index (χ1) is 23.3. The number of phosphoric acid groups is 1. The quantitative estimate of drug-likeness (QED) is 0.0171. The minimum Gasteiger partial charge on any atom is -0.404 e. The molecule has 1 rings (SSSR count). The molecule has 0 aliphatic heterocycles. The zero-order valence-electron chi connectivity index (χ0n) is 27.8. The molecule has 0 aromatic heterocycles. The number of amides is 5. The first kappa shape index (κ1) is 43.4. The van der Waals surface area contributed by atoms with Crippen LogP contribution in [0.2, 0.25) is 0 Å². The fourth-order valence-electron chi connectivity index (χ4n) is 4.44. The topological polar surface area (TPSA) is 354 Å². The van der Waals surface area contributed by atoms with Gasteiger partial charge in [-0.1, -0.05) is 26.0 Å². The van der Waals surface area contributed by atoms with Gasteiger partial charge >= 0.3 is 7.82 Å². The van der Waals surface area contributed by atoms with Crippen LogP contribution in [0.4, 0.5) is 0 Å². The van der Waals surface area contributed by atoms with E-state index in [1.165, 1.54) is 24.3 Å². The number of primary amides is 1. The van der Waals surface area contributed by atoms with Gasteiger partial charge in [-0.15, -0.1) is 0 Å². The number of carbonyl (C=O) groups is 6. The summed E-state index contributed by atoms with van der Waals surface area (Å²) in [5, 5.41) is 19.2. The molecule has 0 heterocycles. The van der Waals surface area contributed by atoms with E-state index in [1.807, 2.05) is 13.8 Å². The number of phosphoric ester groups is 1. The highest BCUT2D eigenvalue weighted by atomic mass is 31.2. The lowest BCUT2D eigenvalue weighted by atomic mass is 10.0. The van der Waals surface area contributed by atoms with Crippen LogP contribution in [0.3, 0.4) is 0 Å². The van der Waals surface area contributed by atoms with E-state index in [9.17, 15) is 38.4 Å². The third-order valence-corrected chi connectivity index (χ3v) is 7.31. The minimum atomic E-state index is -4.85. The van der Waals surface area contributed by atoms with Crippen LogP contribution in [0, 0.1) is 5.92 Å². The van der Waals surface area contributed by atoms with E-state index in [-0.39, 0.29) is 62.6 Å². The molecule has 0 saturated heterocycles. The Balaban J connectivity index is 3.37. The summed E-state index contributed by atoms with van der Waals surface area (Å²) in [5.41, 5.74) is 22.4. The normalized spacial score (nSPS) is 14.2. The molecule has 0 fully saturated rings. The van der Waals surface area contributed by atoms with Crippen molar-refractivity contribution in [2.75, 3.05) is 13.2 Å². The maximum Gasteiger partial charge on any atom is 0.524 e. The Hall–Kier alpha value is -4.62. The molecule has 20 nitrogen and oxygen atoms in total. The number of rotatable bonds is 23. The molecule has 0 aliphatic carbocycles. The van der Waals surface area contributed by atoms with Gasteiger partial charge < -0.3 is 58.6 Å². The summed E-state index contributed by atoms with van der Waals surface area (Å²) in [6, 6.07) is -1.22. The van der Waals surface area contributed by atoms with E-state index in [1.54, 1.807) is 0 Å². The molecule has 0 radical (unpaired) electrons. The first-order valence-electron chi connectivity index (χ1n) is 15.6. The smallest absolute Gasteiger partial charge is 0.404 e. The monoisotopic (exact) mass is 729 g/mol. The van der Waals surface area contributed by atoms with Crippen molar-refractivity contribution in [2.24, 2.45) is 33.8 Å². The summed E-state index contributed by atoms with van der Waals surface area (Å²) in [5.74, 6) is -4.39. The van der Waals surface area contributed by atoms with Crippen LogP contribution in [0.5, 0.6) is 5.75 Å². The number of hydrogen-bond donors (Lipinski definition) is 11. The Morgan fingerprint density at radius 2 is 1.42 bits per heavy atom. The second-order valence-corrected chi connectivity index (χ2v) is 12.9. The zero-order valence-corrected chi connectivity index (χ0v) is 28.7. The van der Waals surface area contributed by atoms with Gasteiger partial charge in [0.15, 0.2) is 5.96 Å². The Morgan fingerprint density at radius 1 is 0.880 bits per heavy atom. The molecule has 15 N–H and O–H groups in total. The highest BCUT2D eigenvalue weighted by Gasteiger charge is 2.31. The summed E-state index contributed by atoms with van der Waals surface area (Å²) in [7, 11) is -4.85. The van der Waals surface area contributed by atoms with Crippen LogP contribution >= 0.6 is 7.82 Å². The Labute approximate surface area is 288 Å². The fraction of sp³-hybridized carbons (Fsp3) is 0.552. The number of benzene rings is 1. The third-order valence-electron chi connectivity index (χ3n) is 6.86. The van der Waals surface area contributed by atoms with E-state index in [0.717, 1.165) is 0 Å². The van der Waals surface area contributed by atoms with E-state index in [2.05, 4.69) is 30.8 Å². The molecule has 5 amide bonds. The maximum atomic E-state index is 13.7. The number of nitrogens with zero attached hydrogens (tertiary/aromatic N) is 1. The number of aliphatic imine (C=N–C) groups is 1. The predicted molar refractivity (Wildman–Crippen MR) is 179 cm³/mol. The van der Waals surface area contributed by atoms with E-state index in [4.69, 9.17) is 32.7 Å². The van der Waals surface area contributed by atoms with Gasteiger partial charge in [-0.3, -0.25) is 38.8 Å². The Kier molecular flexibility index (Phi) is 18.6. The first-order valence-corrected chi connectivity index (χ1v) is 17.1. The molecule has 5 atom stereocenters. The molecule has 1 aromatic carbocycles. The van der Waals surface area contributed by atoms with Crippen molar-refractivity contribution in [3.63, 3.8) is 0 Å². The lowest BCUT2D eigenvalue weighted by Crippen LogP contribution is -2.58. The van der Waals surface area contributed by atoms with Gasteiger partial charge in [-0.25, -0.2) is 4.57 Å². The standard InChI is InChI=1S/C29H48N9O11P/c1-16(2)12-20(30)25(42)36-22(9-10-24(31)41)27(44)37-21(4-3-11-34-29(32)33)26(43)38-23(28(45)35-18(14-39)15-40)13-17-5-7-19(8-6-17)49-50(46,47)48/h5-8,14,16,18,20-23,40H,3-4,9-13,15,30H2,1-2H3,(H2,31,41)(H,35,45)(H,36,42)(H,37,44)(H,38,43)(H4,32,33,34)(H2,46,47,48)/t18-,20+,21+,22+,23+/m1/s1. The average Bonchev–Trinajstić information content (AvgIpc) is 3.02. The minimum absolute atomic E-state index is 0.0539. The van der Waals surface area contributed by atoms with Crippen LogP contribution in [0.25, 0.3) is 0 Å². The number of nitrogens with one attached hydrogen (secondary N) is 4. The van der Waals surface area contributed by atoms with Crippen LogP contribution in [0.15, 0.2) is 29.3 Å². The van der Waals surface area contributed by atoms with Gasteiger partial charge in [-0.05, 0) is 49.3 Å².